The fourth-order valence-electron chi connectivity index (χ4n) is 9.29. The fourth-order valence-corrected chi connectivity index (χ4v) is 9.47. The third kappa shape index (κ3) is 5.58. The van der Waals surface area contributed by atoms with Gasteiger partial charge in [0.05, 0.1) is 48.8 Å². The highest BCUT2D eigenvalue weighted by Gasteiger charge is 2.69. The van der Waals surface area contributed by atoms with Crippen LogP contribution in [-0.4, -0.2) is 60.1 Å². The van der Waals surface area contributed by atoms with Crippen molar-refractivity contribution in [3.05, 3.63) is 125 Å². The van der Waals surface area contributed by atoms with E-state index in [2.05, 4.69) is 0 Å². The Labute approximate surface area is 322 Å². The maximum atomic E-state index is 15.4. The van der Waals surface area contributed by atoms with Gasteiger partial charge in [-0.25, -0.2) is 4.90 Å². The van der Waals surface area contributed by atoms with E-state index in [0.717, 1.165) is 10.5 Å². The van der Waals surface area contributed by atoms with Crippen LogP contribution in [0, 0.1) is 29.6 Å². The van der Waals surface area contributed by atoms with Gasteiger partial charge in [-0.2, -0.15) is 0 Å². The van der Waals surface area contributed by atoms with Gasteiger partial charge in [-0.05, 0) is 77.8 Å². The number of nitrogens with zero attached hydrogens (tertiary/aromatic N) is 2. The van der Waals surface area contributed by atoms with E-state index >= 15 is 4.79 Å². The SMILES string of the molecule is COc1cc(C=CC2C3=CCC4C(=O)N(c5cccc(B(O)O)c5)C(=O)C4C3CC3C(=O)N(c4cccc(Cl)c4)C(=O)C23c2ccccc2)cc(OC)c1O. The van der Waals surface area contributed by atoms with Crippen molar-refractivity contribution in [1.82, 2.24) is 0 Å². The minimum atomic E-state index is -1.80. The number of carbonyl (C=O) groups is 4. The molecule has 3 fully saturated rings. The molecule has 0 aromatic heterocycles. The van der Waals surface area contributed by atoms with Crippen LogP contribution in [0.2, 0.25) is 5.02 Å². The van der Waals surface area contributed by atoms with Crippen molar-refractivity contribution in [2.75, 3.05) is 24.0 Å². The number of hydrogen-bond donors (Lipinski definition) is 3. The molecular formula is C42H36BClN2O9. The van der Waals surface area contributed by atoms with Crippen LogP contribution in [0.5, 0.6) is 17.2 Å². The largest absolute Gasteiger partial charge is 0.502 e. The molecule has 2 aliphatic heterocycles. The Morgan fingerprint density at radius 1 is 0.800 bits per heavy atom. The van der Waals surface area contributed by atoms with Crippen molar-refractivity contribution in [3.8, 4) is 17.2 Å². The summed E-state index contributed by atoms with van der Waals surface area (Å²) in [5.41, 5.74) is 1.16. The second kappa shape index (κ2) is 13.9. The molecule has 1 saturated carbocycles. The van der Waals surface area contributed by atoms with E-state index in [1.807, 2.05) is 42.5 Å². The molecule has 2 heterocycles. The van der Waals surface area contributed by atoms with E-state index in [0.29, 0.717) is 21.8 Å². The molecular weight excluding hydrogens is 723 g/mol. The van der Waals surface area contributed by atoms with Gasteiger partial charge in [0.25, 0.3) is 0 Å². The van der Waals surface area contributed by atoms with Crippen LogP contribution in [0.25, 0.3) is 6.08 Å². The van der Waals surface area contributed by atoms with E-state index in [1.165, 1.54) is 31.3 Å². The Bertz CT molecular complexity index is 2290. The highest BCUT2D eigenvalue weighted by atomic mass is 35.5. The number of anilines is 2. The summed E-state index contributed by atoms with van der Waals surface area (Å²) in [6.07, 6.45) is 5.91. The number of methoxy groups -OCH3 is 2. The smallest absolute Gasteiger partial charge is 0.488 e. The Hall–Kier alpha value is -5.69. The first-order valence-electron chi connectivity index (χ1n) is 17.9. The zero-order valence-corrected chi connectivity index (χ0v) is 30.6. The first-order chi connectivity index (χ1) is 26.5. The van der Waals surface area contributed by atoms with Crippen molar-refractivity contribution in [3.63, 3.8) is 0 Å². The third-order valence-corrected chi connectivity index (χ3v) is 11.9. The second-order valence-corrected chi connectivity index (χ2v) is 14.7. The Morgan fingerprint density at radius 3 is 2.13 bits per heavy atom. The van der Waals surface area contributed by atoms with Crippen molar-refractivity contribution in [1.29, 1.82) is 0 Å². The van der Waals surface area contributed by atoms with Gasteiger partial charge < -0.3 is 24.6 Å². The Morgan fingerprint density at radius 2 is 1.47 bits per heavy atom. The maximum Gasteiger partial charge on any atom is 0.488 e. The zero-order valence-electron chi connectivity index (χ0n) is 29.8. The van der Waals surface area contributed by atoms with E-state index in [-0.39, 0.29) is 41.2 Å². The summed E-state index contributed by atoms with van der Waals surface area (Å²) in [5.74, 6) is -5.53. The predicted octanol–water partition coefficient (Wildman–Crippen LogP) is 4.66. The quantitative estimate of drug-likeness (QED) is 0.132. The molecule has 4 aromatic carbocycles. The number of amides is 4. The summed E-state index contributed by atoms with van der Waals surface area (Å²) < 4.78 is 10.8. The summed E-state index contributed by atoms with van der Waals surface area (Å²) in [6.45, 7) is 0. The summed E-state index contributed by atoms with van der Waals surface area (Å²) in [4.78, 5) is 61.2. The van der Waals surface area contributed by atoms with E-state index < -0.39 is 65.8 Å². The third-order valence-electron chi connectivity index (χ3n) is 11.6. The number of hydrogen-bond acceptors (Lipinski definition) is 9. The van der Waals surface area contributed by atoms with Crippen LogP contribution >= 0.6 is 11.6 Å². The average molecular weight is 759 g/mol. The molecule has 8 rings (SSSR count). The lowest BCUT2D eigenvalue weighted by Gasteiger charge is -2.49. The molecule has 2 saturated heterocycles. The number of allylic oxidation sites excluding steroid dienone is 3. The van der Waals surface area contributed by atoms with Gasteiger partial charge >= 0.3 is 7.12 Å². The van der Waals surface area contributed by atoms with Crippen LogP contribution in [0.1, 0.15) is 24.0 Å². The molecule has 4 amide bonds. The van der Waals surface area contributed by atoms with Gasteiger partial charge in [0.1, 0.15) is 0 Å². The average Bonchev–Trinajstić information content (AvgIpc) is 3.58. The minimum absolute atomic E-state index is 0.108. The van der Waals surface area contributed by atoms with Gasteiger partial charge in [-0.15, -0.1) is 0 Å². The highest BCUT2D eigenvalue weighted by Crippen LogP contribution is 2.62. The number of ether oxygens (including phenoxy) is 2. The molecule has 0 radical (unpaired) electrons. The second-order valence-electron chi connectivity index (χ2n) is 14.3. The number of aromatic hydroxyl groups is 1. The molecule has 3 N–H and O–H groups in total. The molecule has 278 valence electrons. The van der Waals surface area contributed by atoms with Gasteiger partial charge in [-0.1, -0.05) is 83.9 Å². The molecule has 4 aliphatic rings. The number of halogens is 1. The number of fused-ring (bicyclic) bond motifs is 4. The van der Waals surface area contributed by atoms with Crippen molar-refractivity contribution in [2.24, 2.45) is 29.6 Å². The van der Waals surface area contributed by atoms with Crippen LogP contribution in [0.15, 0.2) is 109 Å². The molecule has 2 aliphatic carbocycles. The van der Waals surface area contributed by atoms with Gasteiger partial charge in [-0.3, -0.25) is 24.1 Å². The lowest BCUT2D eigenvalue weighted by atomic mass is 9.50. The highest BCUT2D eigenvalue weighted by molar-refractivity contribution is 6.58. The molecule has 11 nitrogen and oxygen atoms in total. The number of rotatable bonds is 8. The minimum Gasteiger partial charge on any atom is -0.502 e. The van der Waals surface area contributed by atoms with E-state index in [9.17, 15) is 29.5 Å². The molecule has 55 heavy (non-hydrogen) atoms. The number of carbonyl (C=O) groups excluding carboxylic acids is 4. The summed E-state index contributed by atoms with van der Waals surface area (Å²) in [5, 5.41) is 30.7. The normalized spacial score (nSPS) is 25.8. The summed E-state index contributed by atoms with van der Waals surface area (Å²) in [6, 6.07) is 25.0. The summed E-state index contributed by atoms with van der Waals surface area (Å²) >= 11 is 6.40. The summed E-state index contributed by atoms with van der Waals surface area (Å²) in [7, 11) is 1.04. The van der Waals surface area contributed by atoms with Crippen LogP contribution in [0.4, 0.5) is 11.4 Å². The zero-order chi connectivity index (χ0) is 38.8. The number of benzene rings is 4. The standard InChI is InChI=1S/C42H36BClN2O9/c1-54-34-18-23(19-35(55-2)37(34)47)14-17-32-29-15-16-30-36(40(50)45(38(30)48)27-12-6-10-25(20-27)43(52)53)31(29)22-33-39(49)46(28-13-7-11-26(44)21-28)41(51)42(32,33)24-8-4-3-5-9-24/h3-15,17-21,30-33,36,47,52-53H,16,22H2,1-2H3. The maximum absolute atomic E-state index is 15.4. The van der Waals surface area contributed by atoms with Crippen LogP contribution in [0.3, 0.4) is 0 Å². The molecule has 4 aromatic rings. The lowest BCUT2D eigenvalue weighted by Crippen LogP contribution is -2.54. The van der Waals surface area contributed by atoms with Gasteiger partial charge in [0.2, 0.25) is 29.4 Å². The fraction of sp³-hybridized carbons (Fsp3) is 0.238. The number of imide groups is 2. The number of phenolic OH excluding ortho intramolecular Hbond substituents is 1. The number of phenols is 1. The molecule has 0 bridgehead atoms. The first kappa shape index (κ1) is 36.3. The molecule has 13 heteroatoms. The van der Waals surface area contributed by atoms with Crippen molar-refractivity contribution >= 4 is 65.3 Å². The van der Waals surface area contributed by atoms with Gasteiger partial charge in [0.15, 0.2) is 11.5 Å². The van der Waals surface area contributed by atoms with Gasteiger partial charge in [0, 0.05) is 10.9 Å². The molecule has 0 spiro atoms. The first-order valence-corrected chi connectivity index (χ1v) is 18.3. The van der Waals surface area contributed by atoms with E-state index in [1.54, 1.807) is 54.6 Å². The molecule has 6 atom stereocenters. The predicted molar refractivity (Wildman–Crippen MR) is 206 cm³/mol. The Balaban J connectivity index is 1.32. The Kier molecular flexibility index (Phi) is 9.15. The van der Waals surface area contributed by atoms with Crippen molar-refractivity contribution in [2.45, 2.75) is 18.3 Å². The topological polar surface area (TPSA) is 154 Å². The monoisotopic (exact) mass is 758 g/mol. The van der Waals surface area contributed by atoms with E-state index in [4.69, 9.17) is 21.1 Å². The van der Waals surface area contributed by atoms with Crippen LogP contribution < -0.4 is 24.7 Å². The molecule has 6 unspecified atom stereocenters. The van der Waals surface area contributed by atoms with Crippen LogP contribution in [-0.2, 0) is 24.6 Å². The lowest BCUT2D eigenvalue weighted by molar-refractivity contribution is -0.128. The van der Waals surface area contributed by atoms with Crippen molar-refractivity contribution < 1.29 is 43.8 Å².